The van der Waals surface area contributed by atoms with E-state index in [0.29, 0.717) is 11.3 Å². The number of hydrogen-bond donors (Lipinski definition) is 1. The van der Waals surface area contributed by atoms with E-state index in [2.05, 4.69) is 0 Å². The summed E-state index contributed by atoms with van der Waals surface area (Å²) in [4.78, 5) is 11.6. The highest BCUT2D eigenvalue weighted by molar-refractivity contribution is 7.98. The molecule has 5 heteroatoms. The molecule has 0 aromatic heterocycles. The fraction of sp³-hybridized carbons (Fsp3) is 0.0714. The molecule has 0 aliphatic heterocycles. The fourth-order valence-electron chi connectivity index (χ4n) is 1.55. The standard InChI is InChI=1S/C14H10F2O2S/c15-10-4-6-11(7-5-10)19-8-9-2-1-3-12(13(9)16)14(17)18/h1-7H,8H2,(H,17,18). The molecule has 0 amide bonds. The summed E-state index contributed by atoms with van der Waals surface area (Å²) in [5.74, 6) is -2.04. The minimum absolute atomic E-state index is 0.290. The summed E-state index contributed by atoms with van der Waals surface area (Å²) in [6.45, 7) is 0. The molecule has 0 atom stereocenters. The summed E-state index contributed by atoms with van der Waals surface area (Å²) in [6, 6.07) is 10.1. The minimum atomic E-state index is -1.29. The van der Waals surface area contributed by atoms with Crippen molar-refractivity contribution in [1.82, 2.24) is 0 Å². The Morgan fingerprint density at radius 3 is 2.42 bits per heavy atom. The number of carboxylic acids is 1. The monoisotopic (exact) mass is 280 g/mol. The van der Waals surface area contributed by atoms with Crippen LogP contribution in [0.2, 0.25) is 0 Å². The molecule has 0 saturated carbocycles. The maximum Gasteiger partial charge on any atom is 0.338 e. The van der Waals surface area contributed by atoms with Crippen LogP contribution in [0, 0.1) is 11.6 Å². The number of carbonyl (C=O) groups is 1. The first kappa shape index (κ1) is 13.5. The van der Waals surface area contributed by atoms with Crippen LogP contribution in [0.3, 0.4) is 0 Å². The average molecular weight is 280 g/mol. The quantitative estimate of drug-likeness (QED) is 0.861. The Morgan fingerprint density at radius 1 is 1.11 bits per heavy atom. The van der Waals surface area contributed by atoms with Crippen molar-refractivity contribution in [1.29, 1.82) is 0 Å². The largest absolute Gasteiger partial charge is 0.478 e. The molecule has 0 radical (unpaired) electrons. The van der Waals surface area contributed by atoms with E-state index in [1.165, 1.54) is 42.1 Å². The third-order valence-corrected chi connectivity index (χ3v) is 3.58. The van der Waals surface area contributed by atoms with Crippen LogP contribution in [-0.2, 0) is 5.75 Å². The highest BCUT2D eigenvalue weighted by atomic mass is 32.2. The Kier molecular flexibility index (Phi) is 4.16. The van der Waals surface area contributed by atoms with E-state index in [1.54, 1.807) is 12.1 Å². The SMILES string of the molecule is O=C(O)c1cccc(CSc2ccc(F)cc2)c1F. The van der Waals surface area contributed by atoms with Crippen LogP contribution >= 0.6 is 11.8 Å². The first-order valence-electron chi connectivity index (χ1n) is 5.47. The van der Waals surface area contributed by atoms with Gasteiger partial charge in [0.25, 0.3) is 0 Å². The maximum absolute atomic E-state index is 13.8. The lowest BCUT2D eigenvalue weighted by Gasteiger charge is -2.05. The van der Waals surface area contributed by atoms with Gasteiger partial charge in [-0.05, 0) is 35.9 Å². The second-order valence-electron chi connectivity index (χ2n) is 3.83. The van der Waals surface area contributed by atoms with Gasteiger partial charge in [-0.2, -0.15) is 0 Å². The third-order valence-electron chi connectivity index (χ3n) is 2.52. The molecule has 2 aromatic carbocycles. The van der Waals surface area contributed by atoms with Crippen molar-refractivity contribution in [3.63, 3.8) is 0 Å². The summed E-state index contributed by atoms with van der Waals surface area (Å²) < 4.78 is 26.6. The van der Waals surface area contributed by atoms with Crippen molar-refractivity contribution in [2.24, 2.45) is 0 Å². The highest BCUT2D eigenvalue weighted by Crippen LogP contribution is 2.25. The van der Waals surface area contributed by atoms with E-state index < -0.39 is 11.8 Å². The van der Waals surface area contributed by atoms with Crippen LogP contribution in [0.15, 0.2) is 47.4 Å². The number of thioether (sulfide) groups is 1. The van der Waals surface area contributed by atoms with Crippen LogP contribution < -0.4 is 0 Å². The van der Waals surface area contributed by atoms with Gasteiger partial charge in [-0.3, -0.25) is 0 Å². The lowest BCUT2D eigenvalue weighted by atomic mass is 10.1. The molecule has 0 unspecified atom stereocenters. The Morgan fingerprint density at radius 2 is 1.79 bits per heavy atom. The molecule has 0 spiro atoms. The zero-order valence-corrected chi connectivity index (χ0v) is 10.6. The molecule has 2 aromatic rings. The highest BCUT2D eigenvalue weighted by Gasteiger charge is 2.13. The second kappa shape index (κ2) is 5.84. The van der Waals surface area contributed by atoms with Crippen molar-refractivity contribution in [3.8, 4) is 0 Å². The van der Waals surface area contributed by atoms with Crippen LogP contribution in [0.4, 0.5) is 8.78 Å². The maximum atomic E-state index is 13.8. The van der Waals surface area contributed by atoms with E-state index in [9.17, 15) is 13.6 Å². The predicted molar refractivity (Wildman–Crippen MR) is 69.3 cm³/mol. The van der Waals surface area contributed by atoms with Crippen molar-refractivity contribution < 1.29 is 18.7 Å². The van der Waals surface area contributed by atoms with Gasteiger partial charge in [0.15, 0.2) is 0 Å². The molecule has 2 nitrogen and oxygen atoms in total. The zero-order valence-electron chi connectivity index (χ0n) is 9.77. The smallest absolute Gasteiger partial charge is 0.338 e. The second-order valence-corrected chi connectivity index (χ2v) is 4.88. The molecular weight excluding hydrogens is 270 g/mol. The summed E-state index contributed by atoms with van der Waals surface area (Å²) in [5, 5.41) is 8.82. The number of benzene rings is 2. The Hall–Kier alpha value is -1.88. The van der Waals surface area contributed by atoms with Gasteiger partial charge in [0.1, 0.15) is 11.6 Å². The third kappa shape index (κ3) is 3.32. The van der Waals surface area contributed by atoms with Crippen LogP contribution in [0.25, 0.3) is 0 Å². The van der Waals surface area contributed by atoms with Gasteiger partial charge in [-0.25, -0.2) is 13.6 Å². The molecule has 0 aliphatic carbocycles. The molecule has 0 saturated heterocycles. The predicted octanol–water partition coefficient (Wildman–Crippen LogP) is 3.96. The summed E-state index contributed by atoms with van der Waals surface area (Å²) >= 11 is 1.32. The van der Waals surface area contributed by atoms with Crippen molar-refractivity contribution >= 4 is 17.7 Å². The fourth-order valence-corrected chi connectivity index (χ4v) is 2.42. The first-order chi connectivity index (χ1) is 9.08. The van der Waals surface area contributed by atoms with Crippen LogP contribution in [0.1, 0.15) is 15.9 Å². The van der Waals surface area contributed by atoms with Gasteiger partial charge in [0.2, 0.25) is 0 Å². The Bertz CT molecular complexity index is 597. The van der Waals surface area contributed by atoms with Gasteiger partial charge in [0, 0.05) is 10.6 Å². The van der Waals surface area contributed by atoms with E-state index in [0.717, 1.165) is 4.90 Å². The lowest BCUT2D eigenvalue weighted by molar-refractivity contribution is 0.0691. The Labute approximate surface area is 113 Å². The zero-order chi connectivity index (χ0) is 13.8. The number of carboxylic acid groups (broad SMARTS) is 1. The molecule has 0 aliphatic rings. The topological polar surface area (TPSA) is 37.3 Å². The van der Waals surface area contributed by atoms with Gasteiger partial charge >= 0.3 is 5.97 Å². The lowest BCUT2D eigenvalue weighted by Crippen LogP contribution is -2.02. The van der Waals surface area contributed by atoms with Crippen molar-refractivity contribution in [2.75, 3.05) is 0 Å². The number of halogens is 2. The molecule has 98 valence electrons. The van der Waals surface area contributed by atoms with Gasteiger partial charge in [-0.15, -0.1) is 11.8 Å². The van der Waals surface area contributed by atoms with Gasteiger partial charge in [-0.1, -0.05) is 12.1 Å². The van der Waals surface area contributed by atoms with Crippen molar-refractivity contribution in [3.05, 3.63) is 65.2 Å². The van der Waals surface area contributed by atoms with Gasteiger partial charge in [0.05, 0.1) is 5.56 Å². The summed E-state index contributed by atoms with van der Waals surface area (Å²) in [6.07, 6.45) is 0. The van der Waals surface area contributed by atoms with E-state index in [4.69, 9.17) is 5.11 Å². The minimum Gasteiger partial charge on any atom is -0.478 e. The summed E-state index contributed by atoms with van der Waals surface area (Å²) in [7, 11) is 0. The van der Waals surface area contributed by atoms with Crippen LogP contribution in [-0.4, -0.2) is 11.1 Å². The number of aromatic carboxylic acids is 1. The average Bonchev–Trinajstić information content (AvgIpc) is 2.39. The molecule has 1 N–H and O–H groups in total. The number of hydrogen-bond acceptors (Lipinski definition) is 2. The first-order valence-corrected chi connectivity index (χ1v) is 6.45. The molecule has 0 bridgehead atoms. The van der Waals surface area contributed by atoms with Crippen LogP contribution in [0.5, 0.6) is 0 Å². The Balaban J connectivity index is 2.13. The molecule has 2 rings (SSSR count). The number of rotatable bonds is 4. The molecule has 0 fully saturated rings. The van der Waals surface area contributed by atoms with E-state index in [1.807, 2.05) is 0 Å². The van der Waals surface area contributed by atoms with Gasteiger partial charge < -0.3 is 5.11 Å². The van der Waals surface area contributed by atoms with E-state index >= 15 is 0 Å². The molecule has 0 heterocycles. The summed E-state index contributed by atoms with van der Waals surface area (Å²) in [5.41, 5.74) is -0.0218. The van der Waals surface area contributed by atoms with E-state index in [-0.39, 0.29) is 11.4 Å². The van der Waals surface area contributed by atoms with Crippen molar-refractivity contribution in [2.45, 2.75) is 10.6 Å². The molecule has 19 heavy (non-hydrogen) atoms. The molecular formula is C14H10F2O2S. The normalized spacial score (nSPS) is 10.4.